The van der Waals surface area contributed by atoms with E-state index in [1.54, 1.807) is 4.31 Å². The Balaban J connectivity index is 2.12. The van der Waals surface area contributed by atoms with Crippen LogP contribution < -0.4 is 0 Å². The van der Waals surface area contributed by atoms with Gasteiger partial charge in [-0.1, -0.05) is 0 Å². The van der Waals surface area contributed by atoms with Crippen molar-refractivity contribution >= 4 is 21.6 Å². The van der Waals surface area contributed by atoms with Crippen LogP contribution in [0.2, 0.25) is 0 Å². The molecule has 0 amide bonds. The van der Waals surface area contributed by atoms with Gasteiger partial charge in [0.25, 0.3) is 0 Å². The number of rotatable bonds is 3. The van der Waals surface area contributed by atoms with Crippen LogP contribution in [0.15, 0.2) is 0 Å². The Labute approximate surface area is 90.5 Å². The number of nitrogens with zero attached hydrogens (tertiary/aromatic N) is 1. The van der Waals surface area contributed by atoms with Crippen molar-refractivity contribution in [3.05, 3.63) is 0 Å². The standard InChI is InChI=1S/C9H16ClNO2S/c1-7-8(6-10)4-5-11(7)14(12,13)9-2-3-9/h7-9H,2-6H2,1H3. The summed E-state index contributed by atoms with van der Waals surface area (Å²) in [5.41, 5.74) is 0. The Bertz CT molecular complexity index is 313. The van der Waals surface area contributed by atoms with E-state index in [1.807, 2.05) is 6.92 Å². The Morgan fingerprint density at radius 2 is 2.00 bits per heavy atom. The Morgan fingerprint density at radius 3 is 2.43 bits per heavy atom. The predicted octanol–water partition coefficient (Wildman–Crippen LogP) is 1.43. The Hall–Kier alpha value is 0.200. The predicted molar refractivity (Wildman–Crippen MR) is 56.9 cm³/mol. The lowest BCUT2D eigenvalue weighted by Crippen LogP contribution is -2.38. The van der Waals surface area contributed by atoms with Crippen molar-refractivity contribution in [1.82, 2.24) is 4.31 Å². The molecular weight excluding hydrogens is 222 g/mol. The molecule has 14 heavy (non-hydrogen) atoms. The molecule has 1 aliphatic heterocycles. The summed E-state index contributed by atoms with van der Waals surface area (Å²) in [6.07, 6.45) is 2.60. The maximum Gasteiger partial charge on any atom is 0.217 e. The molecule has 1 aliphatic carbocycles. The lowest BCUT2D eigenvalue weighted by atomic mass is 10.1. The molecule has 5 heteroatoms. The maximum atomic E-state index is 11.9. The summed E-state index contributed by atoms with van der Waals surface area (Å²) in [5.74, 6) is 0.905. The van der Waals surface area contributed by atoms with E-state index in [0.29, 0.717) is 18.3 Å². The maximum absolute atomic E-state index is 11.9. The van der Waals surface area contributed by atoms with E-state index in [-0.39, 0.29) is 11.3 Å². The van der Waals surface area contributed by atoms with Gasteiger partial charge < -0.3 is 0 Å². The smallest absolute Gasteiger partial charge is 0.212 e. The highest BCUT2D eigenvalue weighted by atomic mass is 35.5. The molecule has 2 rings (SSSR count). The van der Waals surface area contributed by atoms with Crippen LogP contribution in [-0.2, 0) is 10.0 Å². The first-order chi connectivity index (χ1) is 6.57. The second-order valence-electron chi connectivity index (χ2n) is 4.30. The molecule has 3 nitrogen and oxygen atoms in total. The van der Waals surface area contributed by atoms with Crippen LogP contribution in [0.5, 0.6) is 0 Å². The van der Waals surface area contributed by atoms with Gasteiger partial charge in [-0.3, -0.25) is 0 Å². The summed E-state index contributed by atoms with van der Waals surface area (Å²) in [7, 11) is -2.98. The fourth-order valence-electron chi connectivity index (χ4n) is 2.10. The van der Waals surface area contributed by atoms with Gasteiger partial charge in [-0.25, -0.2) is 8.42 Å². The first kappa shape index (κ1) is 10.7. The lowest BCUT2D eigenvalue weighted by molar-refractivity contribution is 0.373. The fraction of sp³-hybridized carbons (Fsp3) is 1.00. The average molecular weight is 238 g/mol. The van der Waals surface area contributed by atoms with E-state index in [4.69, 9.17) is 11.6 Å². The average Bonchev–Trinajstić information content (AvgIpc) is 2.90. The van der Waals surface area contributed by atoms with E-state index in [0.717, 1.165) is 19.3 Å². The third-order valence-electron chi connectivity index (χ3n) is 3.33. The number of halogens is 1. The lowest BCUT2D eigenvalue weighted by Gasteiger charge is -2.23. The largest absolute Gasteiger partial charge is 0.217 e. The summed E-state index contributed by atoms with van der Waals surface area (Å²) < 4.78 is 25.6. The first-order valence-corrected chi connectivity index (χ1v) is 7.17. The normalized spacial score (nSPS) is 35.0. The third-order valence-corrected chi connectivity index (χ3v) is 6.21. The number of hydrogen-bond acceptors (Lipinski definition) is 2. The van der Waals surface area contributed by atoms with Crippen molar-refractivity contribution in [1.29, 1.82) is 0 Å². The molecular formula is C9H16ClNO2S. The second kappa shape index (κ2) is 3.65. The Kier molecular flexibility index (Phi) is 2.79. The molecule has 0 bridgehead atoms. The van der Waals surface area contributed by atoms with Crippen LogP contribution in [0.3, 0.4) is 0 Å². The summed E-state index contributed by atoms with van der Waals surface area (Å²) >= 11 is 5.79. The van der Waals surface area contributed by atoms with Gasteiger partial charge in [0.2, 0.25) is 10.0 Å². The third kappa shape index (κ3) is 1.68. The minimum absolute atomic E-state index is 0.0842. The van der Waals surface area contributed by atoms with E-state index in [2.05, 4.69) is 0 Å². The van der Waals surface area contributed by atoms with Crippen molar-refractivity contribution in [3.8, 4) is 0 Å². The van der Waals surface area contributed by atoms with Crippen LogP contribution in [0, 0.1) is 5.92 Å². The summed E-state index contributed by atoms with van der Waals surface area (Å²) in [6, 6.07) is 0.0955. The Morgan fingerprint density at radius 1 is 1.36 bits per heavy atom. The number of hydrogen-bond donors (Lipinski definition) is 0. The minimum atomic E-state index is -2.98. The molecule has 1 heterocycles. The minimum Gasteiger partial charge on any atom is -0.212 e. The molecule has 0 aromatic carbocycles. The second-order valence-corrected chi connectivity index (χ2v) is 6.77. The van der Waals surface area contributed by atoms with Crippen molar-refractivity contribution in [2.24, 2.45) is 5.92 Å². The molecule has 0 aromatic rings. The van der Waals surface area contributed by atoms with E-state index >= 15 is 0 Å². The molecule has 0 radical (unpaired) electrons. The van der Waals surface area contributed by atoms with E-state index in [1.165, 1.54) is 0 Å². The van der Waals surface area contributed by atoms with Crippen LogP contribution in [0.1, 0.15) is 26.2 Å². The zero-order valence-electron chi connectivity index (χ0n) is 8.32. The van der Waals surface area contributed by atoms with Gasteiger partial charge in [-0.2, -0.15) is 4.31 Å². The van der Waals surface area contributed by atoms with Crippen LogP contribution in [0.4, 0.5) is 0 Å². The van der Waals surface area contributed by atoms with Crippen LogP contribution in [-0.4, -0.2) is 36.4 Å². The molecule has 2 unspecified atom stereocenters. The quantitative estimate of drug-likeness (QED) is 0.697. The van der Waals surface area contributed by atoms with Gasteiger partial charge in [0.15, 0.2) is 0 Å². The summed E-state index contributed by atoms with van der Waals surface area (Å²) in [6.45, 7) is 2.64. The van der Waals surface area contributed by atoms with Crippen molar-refractivity contribution in [2.75, 3.05) is 12.4 Å². The molecule has 0 N–H and O–H groups in total. The van der Waals surface area contributed by atoms with Gasteiger partial charge in [0.05, 0.1) is 5.25 Å². The van der Waals surface area contributed by atoms with E-state index in [9.17, 15) is 8.42 Å². The highest BCUT2D eigenvalue weighted by molar-refractivity contribution is 7.90. The highest BCUT2D eigenvalue weighted by Gasteiger charge is 2.45. The molecule has 0 spiro atoms. The van der Waals surface area contributed by atoms with Gasteiger partial charge in [-0.05, 0) is 32.1 Å². The molecule has 82 valence electrons. The highest BCUT2D eigenvalue weighted by Crippen LogP contribution is 2.36. The van der Waals surface area contributed by atoms with Crippen LogP contribution in [0.25, 0.3) is 0 Å². The summed E-state index contributed by atoms with van der Waals surface area (Å²) in [4.78, 5) is 0. The number of sulfonamides is 1. The molecule has 2 aliphatic rings. The number of alkyl halides is 1. The zero-order chi connectivity index (χ0) is 10.3. The molecule has 0 aromatic heterocycles. The van der Waals surface area contributed by atoms with Crippen molar-refractivity contribution < 1.29 is 8.42 Å². The molecule has 2 fully saturated rings. The summed E-state index contributed by atoms with van der Waals surface area (Å²) in [5, 5.41) is -0.0842. The van der Waals surface area contributed by atoms with Crippen molar-refractivity contribution in [2.45, 2.75) is 37.5 Å². The monoisotopic (exact) mass is 237 g/mol. The van der Waals surface area contributed by atoms with Gasteiger partial charge in [0.1, 0.15) is 0 Å². The molecule has 2 atom stereocenters. The van der Waals surface area contributed by atoms with Crippen LogP contribution >= 0.6 is 11.6 Å². The van der Waals surface area contributed by atoms with Crippen molar-refractivity contribution in [3.63, 3.8) is 0 Å². The molecule has 1 saturated carbocycles. The molecule has 1 saturated heterocycles. The topological polar surface area (TPSA) is 37.4 Å². The van der Waals surface area contributed by atoms with Gasteiger partial charge >= 0.3 is 0 Å². The van der Waals surface area contributed by atoms with E-state index < -0.39 is 10.0 Å². The van der Waals surface area contributed by atoms with Gasteiger partial charge in [0, 0.05) is 18.5 Å². The first-order valence-electron chi connectivity index (χ1n) is 5.14. The fourth-order valence-corrected chi connectivity index (χ4v) is 4.62. The SMILES string of the molecule is CC1C(CCl)CCN1S(=O)(=O)C1CC1. The zero-order valence-corrected chi connectivity index (χ0v) is 9.89. The van der Waals surface area contributed by atoms with Gasteiger partial charge in [-0.15, -0.1) is 11.6 Å².